The third-order valence-electron chi connectivity index (χ3n) is 3.66. The van der Waals surface area contributed by atoms with Gasteiger partial charge < -0.3 is 9.47 Å². The maximum absolute atomic E-state index is 12.2. The topological polar surface area (TPSA) is 88.7 Å². The summed E-state index contributed by atoms with van der Waals surface area (Å²) in [7, 11) is 1.55. The number of thiocarbonyl (C=S) groups is 1. The number of amides is 2. The van der Waals surface area contributed by atoms with E-state index in [-0.39, 0.29) is 17.4 Å². The smallest absolute Gasteiger partial charge is 0.257 e. The van der Waals surface area contributed by atoms with Crippen LogP contribution in [0.2, 0.25) is 10.0 Å². The molecule has 0 atom stereocenters. The van der Waals surface area contributed by atoms with E-state index in [0.717, 1.165) is 3.57 Å². The Bertz CT molecular complexity index is 946. The molecular formula is C19H18Cl2IN3O4S. The summed E-state index contributed by atoms with van der Waals surface area (Å²) in [6.07, 6.45) is 0.640. The second-order valence-electron chi connectivity index (χ2n) is 5.83. The van der Waals surface area contributed by atoms with Crippen LogP contribution in [0.1, 0.15) is 23.2 Å². The molecule has 0 aliphatic carbocycles. The molecule has 0 heterocycles. The normalized spacial score (nSPS) is 10.1. The summed E-state index contributed by atoms with van der Waals surface area (Å²) in [6.45, 7) is 0.298. The molecule has 7 nitrogen and oxygen atoms in total. The fourth-order valence-electron chi connectivity index (χ4n) is 2.21. The summed E-state index contributed by atoms with van der Waals surface area (Å²) < 4.78 is 11.5. The van der Waals surface area contributed by atoms with Crippen LogP contribution in [0.5, 0.6) is 11.5 Å². The Labute approximate surface area is 202 Å². The Hall–Kier alpha value is -1.82. The third-order valence-corrected chi connectivity index (χ3v) is 5.23. The lowest BCUT2D eigenvalue weighted by atomic mass is 10.2. The molecule has 0 aliphatic heterocycles. The monoisotopic (exact) mass is 581 g/mol. The Kier molecular flexibility index (Phi) is 9.89. The van der Waals surface area contributed by atoms with Crippen molar-refractivity contribution in [2.24, 2.45) is 0 Å². The molecule has 160 valence electrons. The number of hydrogen-bond acceptors (Lipinski definition) is 5. The maximum atomic E-state index is 12.2. The number of halogens is 3. The number of methoxy groups -OCH3 is 1. The molecule has 2 aromatic carbocycles. The zero-order chi connectivity index (χ0) is 22.1. The number of hydrogen-bond donors (Lipinski definition) is 3. The third kappa shape index (κ3) is 7.78. The zero-order valence-corrected chi connectivity index (χ0v) is 20.2. The summed E-state index contributed by atoms with van der Waals surface area (Å²) in [5, 5.41) is 3.38. The van der Waals surface area contributed by atoms with Gasteiger partial charge in [-0.15, -0.1) is 0 Å². The van der Waals surface area contributed by atoms with Gasteiger partial charge in [0, 0.05) is 17.0 Å². The van der Waals surface area contributed by atoms with Gasteiger partial charge in [0.1, 0.15) is 11.5 Å². The fraction of sp³-hybridized carbons (Fsp3) is 0.211. The largest absolute Gasteiger partial charge is 0.496 e. The molecule has 0 fully saturated rings. The van der Waals surface area contributed by atoms with Crippen molar-refractivity contribution in [2.75, 3.05) is 13.7 Å². The summed E-state index contributed by atoms with van der Waals surface area (Å²) in [5.74, 6) is 0.450. The number of carbonyl (C=O) groups is 2. The van der Waals surface area contributed by atoms with E-state index in [4.69, 9.17) is 44.9 Å². The van der Waals surface area contributed by atoms with Crippen LogP contribution in [0.15, 0.2) is 36.4 Å². The van der Waals surface area contributed by atoms with Crippen LogP contribution in [0.3, 0.4) is 0 Å². The summed E-state index contributed by atoms with van der Waals surface area (Å²) in [6, 6.07) is 9.89. The van der Waals surface area contributed by atoms with Crippen molar-refractivity contribution in [1.29, 1.82) is 0 Å². The molecule has 0 unspecified atom stereocenters. The lowest BCUT2D eigenvalue weighted by Crippen LogP contribution is -2.48. The Morgan fingerprint density at radius 1 is 1.10 bits per heavy atom. The Morgan fingerprint density at radius 2 is 1.83 bits per heavy atom. The van der Waals surface area contributed by atoms with Gasteiger partial charge in [-0.1, -0.05) is 23.2 Å². The molecule has 0 aromatic heterocycles. The summed E-state index contributed by atoms with van der Waals surface area (Å²) >= 11 is 18.9. The molecule has 2 rings (SSSR count). The first kappa shape index (κ1) is 24.4. The van der Waals surface area contributed by atoms with Crippen molar-refractivity contribution in [1.82, 2.24) is 16.2 Å². The lowest BCUT2D eigenvalue weighted by Gasteiger charge is -2.12. The molecule has 0 saturated heterocycles. The minimum atomic E-state index is -0.407. The van der Waals surface area contributed by atoms with E-state index in [1.54, 1.807) is 43.5 Å². The highest BCUT2D eigenvalue weighted by Crippen LogP contribution is 2.27. The number of nitrogens with one attached hydrogen (secondary N) is 3. The average molecular weight is 582 g/mol. The van der Waals surface area contributed by atoms with Crippen LogP contribution in [-0.2, 0) is 4.79 Å². The Balaban J connectivity index is 1.68. The minimum absolute atomic E-state index is 0.0247. The number of ether oxygens (including phenoxy) is 2. The fourth-order valence-corrected chi connectivity index (χ4v) is 3.55. The van der Waals surface area contributed by atoms with Crippen molar-refractivity contribution >= 4 is 74.9 Å². The van der Waals surface area contributed by atoms with E-state index in [1.165, 1.54) is 0 Å². The van der Waals surface area contributed by atoms with Crippen molar-refractivity contribution in [3.63, 3.8) is 0 Å². The molecule has 0 bridgehead atoms. The summed E-state index contributed by atoms with van der Waals surface area (Å²) in [4.78, 5) is 24.1. The first-order valence-electron chi connectivity index (χ1n) is 8.61. The highest BCUT2D eigenvalue weighted by Gasteiger charge is 2.11. The van der Waals surface area contributed by atoms with Gasteiger partial charge >= 0.3 is 0 Å². The molecule has 0 radical (unpaired) electrons. The molecule has 2 amide bonds. The highest BCUT2D eigenvalue weighted by atomic mass is 127. The summed E-state index contributed by atoms with van der Waals surface area (Å²) in [5.41, 5.74) is 5.32. The molecule has 0 aliphatic rings. The van der Waals surface area contributed by atoms with Crippen LogP contribution in [0.25, 0.3) is 0 Å². The molecule has 30 heavy (non-hydrogen) atoms. The van der Waals surface area contributed by atoms with Gasteiger partial charge in [-0.05, 0) is 77.6 Å². The van der Waals surface area contributed by atoms with E-state index >= 15 is 0 Å². The van der Waals surface area contributed by atoms with Crippen LogP contribution in [-0.4, -0.2) is 30.6 Å². The van der Waals surface area contributed by atoms with E-state index in [2.05, 4.69) is 38.8 Å². The minimum Gasteiger partial charge on any atom is -0.496 e. The predicted octanol–water partition coefficient (Wildman–Crippen LogP) is 4.10. The van der Waals surface area contributed by atoms with E-state index < -0.39 is 5.91 Å². The lowest BCUT2D eigenvalue weighted by molar-refractivity contribution is -0.121. The van der Waals surface area contributed by atoms with Crippen LogP contribution < -0.4 is 25.6 Å². The van der Waals surface area contributed by atoms with Gasteiger partial charge in [-0.2, -0.15) is 0 Å². The van der Waals surface area contributed by atoms with Crippen molar-refractivity contribution in [2.45, 2.75) is 12.8 Å². The van der Waals surface area contributed by atoms with Gasteiger partial charge in [0.05, 0.1) is 22.3 Å². The first-order chi connectivity index (χ1) is 14.3. The molecular weight excluding hydrogens is 564 g/mol. The first-order valence-corrected chi connectivity index (χ1v) is 10.9. The second-order valence-corrected chi connectivity index (χ2v) is 8.25. The van der Waals surface area contributed by atoms with Gasteiger partial charge in [0.2, 0.25) is 5.91 Å². The van der Waals surface area contributed by atoms with Crippen molar-refractivity contribution in [3.05, 3.63) is 55.6 Å². The van der Waals surface area contributed by atoms with Gasteiger partial charge in [0.25, 0.3) is 5.91 Å². The van der Waals surface area contributed by atoms with Crippen molar-refractivity contribution < 1.29 is 19.1 Å². The van der Waals surface area contributed by atoms with Crippen molar-refractivity contribution in [3.8, 4) is 11.5 Å². The van der Waals surface area contributed by atoms with E-state index in [9.17, 15) is 9.59 Å². The van der Waals surface area contributed by atoms with Crippen LogP contribution >= 0.6 is 58.0 Å². The molecule has 0 spiro atoms. The van der Waals surface area contributed by atoms with E-state index in [0.29, 0.717) is 40.1 Å². The second kappa shape index (κ2) is 12.1. The van der Waals surface area contributed by atoms with E-state index in [1.807, 2.05) is 0 Å². The number of rotatable bonds is 7. The average Bonchev–Trinajstić information content (AvgIpc) is 2.70. The number of carbonyl (C=O) groups excluding carboxylic acids is 2. The Morgan fingerprint density at radius 3 is 2.50 bits per heavy atom. The zero-order valence-electron chi connectivity index (χ0n) is 15.8. The van der Waals surface area contributed by atoms with Crippen LogP contribution in [0, 0.1) is 3.57 Å². The van der Waals surface area contributed by atoms with Gasteiger partial charge in [0.15, 0.2) is 5.11 Å². The van der Waals surface area contributed by atoms with Gasteiger partial charge in [-0.25, -0.2) is 0 Å². The quantitative estimate of drug-likeness (QED) is 0.197. The highest BCUT2D eigenvalue weighted by molar-refractivity contribution is 14.1. The number of benzene rings is 2. The number of hydrazine groups is 1. The molecule has 11 heteroatoms. The molecule has 2 aromatic rings. The van der Waals surface area contributed by atoms with Crippen LogP contribution in [0.4, 0.5) is 0 Å². The maximum Gasteiger partial charge on any atom is 0.257 e. The molecule has 3 N–H and O–H groups in total. The SMILES string of the molecule is COc1ccc(C(=O)NC(=S)NNC(=O)CCCOc2ccc(Cl)cc2Cl)cc1I. The standard InChI is InChI=1S/C19H18Cl2IN3O4S/c1-28-16-6-4-11(9-14(16)22)18(27)23-19(30)25-24-17(26)3-2-8-29-15-7-5-12(20)10-13(15)21/h4-7,9-10H,2-3,8H2,1H3,(H,24,26)(H2,23,25,27,30). The predicted molar refractivity (Wildman–Crippen MR) is 128 cm³/mol. The van der Waals surface area contributed by atoms with Gasteiger partial charge in [-0.3, -0.25) is 25.8 Å². The molecule has 0 saturated carbocycles.